The Labute approximate surface area is 139 Å². The molecule has 0 unspecified atom stereocenters. The van der Waals surface area contributed by atoms with Crippen LogP contribution in [0, 0.1) is 5.41 Å². The van der Waals surface area contributed by atoms with E-state index < -0.39 is 35.9 Å². The fourth-order valence-corrected chi connectivity index (χ4v) is 1.84. The van der Waals surface area contributed by atoms with Crippen LogP contribution in [-0.2, 0) is 19.1 Å². The zero-order chi connectivity index (χ0) is 18.1. The summed E-state index contributed by atoms with van der Waals surface area (Å²) >= 11 is 0. The summed E-state index contributed by atoms with van der Waals surface area (Å²) in [6.45, 7) is 3.31. The van der Waals surface area contributed by atoms with Crippen LogP contribution in [0.1, 0.15) is 38.5 Å². The topological polar surface area (TPSA) is 129 Å². The van der Waals surface area contributed by atoms with Crippen molar-refractivity contribution >= 4 is 23.9 Å². The number of carbonyl (C=O) groups is 3. The molecule has 0 aliphatic heterocycles. The van der Waals surface area contributed by atoms with Crippen molar-refractivity contribution in [2.24, 2.45) is 0 Å². The number of esters is 1. The number of hydrogen-bond acceptors (Lipinski definition) is 7. The van der Waals surface area contributed by atoms with Gasteiger partial charge in [-0.3, -0.25) is 14.6 Å². The molecule has 1 heterocycles. The van der Waals surface area contributed by atoms with Crippen molar-refractivity contribution in [1.29, 1.82) is 5.41 Å². The number of aromatic nitrogens is 1. The van der Waals surface area contributed by atoms with E-state index in [1.165, 1.54) is 12.3 Å². The fraction of sp³-hybridized carbons (Fsp3) is 0.438. The van der Waals surface area contributed by atoms with Crippen molar-refractivity contribution in [2.75, 3.05) is 0 Å². The molecule has 0 aliphatic rings. The van der Waals surface area contributed by atoms with Crippen LogP contribution in [0.3, 0.4) is 0 Å². The summed E-state index contributed by atoms with van der Waals surface area (Å²) in [5, 5.41) is 19.2. The van der Waals surface area contributed by atoms with E-state index in [2.05, 4.69) is 10.3 Å². The summed E-state index contributed by atoms with van der Waals surface area (Å²) in [6, 6.07) is 3.64. The molecular formula is C16H21N3O5. The lowest BCUT2D eigenvalue weighted by Gasteiger charge is -2.20. The van der Waals surface area contributed by atoms with Crippen LogP contribution < -0.4 is 5.32 Å². The minimum atomic E-state index is -1.54. The van der Waals surface area contributed by atoms with Gasteiger partial charge in [0.1, 0.15) is 6.04 Å². The highest BCUT2D eigenvalue weighted by Crippen LogP contribution is 2.11. The molecule has 130 valence electrons. The van der Waals surface area contributed by atoms with E-state index in [4.69, 9.17) is 10.1 Å². The first-order valence-electron chi connectivity index (χ1n) is 7.48. The molecule has 2 atom stereocenters. The summed E-state index contributed by atoms with van der Waals surface area (Å²) in [5.74, 6) is -2.00. The largest absolute Gasteiger partial charge is 0.461 e. The summed E-state index contributed by atoms with van der Waals surface area (Å²) in [7, 11) is 0. The van der Waals surface area contributed by atoms with Gasteiger partial charge in [0.2, 0.25) is 0 Å². The highest BCUT2D eigenvalue weighted by Gasteiger charge is 2.27. The van der Waals surface area contributed by atoms with E-state index in [1.54, 1.807) is 26.0 Å². The fourth-order valence-electron chi connectivity index (χ4n) is 1.84. The summed E-state index contributed by atoms with van der Waals surface area (Å²) in [6.07, 6.45) is 0.0195. The van der Waals surface area contributed by atoms with E-state index in [0.717, 1.165) is 0 Å². The number of aliphatic hydroxyl groups is 1. The standard InChI is InChI=1S/C16H21N3O5/c1-10(2)24-16(23)13(7-6-11(20)9-17)19-15(22)14(21)12-5-3-4-8-18-12/h3-5,8-10,13-14,17,21H,6-7H2,1-2H3,(H,19,22)/t13-,14-/m0/s1. The van der Waals surface area contributed by atoms with Crippen molar-refractivity contribution in [2.45, 2.75) is 44.9 Å². The van der Waals surface area contributed by atoms with Crippen molar-refractivity contribution in [1.82, 2.24) is 10.3 Å². The number of Topliss-reactive ketones (excluding diaryl/α,β-unsaturated/α-hetero) is 1. The molecule has 0 bridgehead atoms. The lowest BCUT2D eigenvalue weighted by molar-refractivity contribution is -0.152. The summed E-state index contributed by atoms with van der Waals surface area (Å²) in [5.41, 5.74) is 0.140. The van der Waals surface area contributed by atoms with Crippen LogP contribution >= 0.6 is 0 Å². The molecule has 1 aromatic heterocycles. The van der Waals surface area contributed by atoms with E-state index in [9.17, 15) is 19.5 Å². The number of pyridine rings is 1. The Morgan fingerprint density at radius 1 is 1.38 bits per heavy atom. The maximum absolute atomic E-state index is 12.1. The monoisotopic (exact) mass is 335 g/mol. The molecule has 0 saturated heterocycles. The normalized spacial score (nSPS) is 13.0. The number of ketones is 1. The highest BCUT2D eigenvalue weighted by molar-refractivity contribution is 6.26. The van der Waals surface area contributed by atoms with Crippen LogP contribution in [0.15, 0.2) is 24.4 Å². The molecule has 8 heteroatoms. The Morgan fingerprint density at radius 3 is 2.62 bits per heavy atom. The van der Waals surface area contributed by atoms with Gasteiger partial charge in [-0.05, 0) is 32.4 Å². The Morgan fingerprint density at radius 2 is 2.08 bits per heavy atom. The quantitative estimate of drug-likeness (QED) is 0.446. The highest BCUT2D eigenvalue weighted by atomic mass is 16.5. The van der Waals surface area contributed by atoms with E-state index >= 15 is 0 Å². The lowest BCUT2D eigenvalue weighted by atomic mass is 10.1. The first kappa shape index (κ1) is 19.4. The summed E-state index contributed by atoms with van der Waals surface area (Å²) in [4.78, 5) is 39.3. The Bertz CT molecular complexity index is 589. The van der Waals surface area contributed by atoms with Crippen LogP contribution in [0.4, 0.5) is 0 Å². The van der Waals surface area contributed by atoms with Crippen LogP contribution in [0.2, 0.25) is 0 Å². The molecule has 24 heavy (non-hydrogen) atoms. The Kier molecular flexibility index (Phi) is 7.70. The maximum atomic E-state index is 12.1. The van der Waals surface area contributed by atoms with Gasteiger partial charge in [-0.15, -0.1) is 0 Å². The van der Waals surface area contributed by atoms with Gasteiger partial charge in [0.15, 0.2) is 11.9 Å². The number of rotatable bonds is 9. The smallest absolute Gasteiger partial charge is 0.328 e. The maximum Gasteiger partial charge on any atom is 0.328 e. The first-order valence-corrected chi connectivity index (χ1v) is 7.48. The average molecular weight is 335 g/mol. The number of aliphatic hydroxyl groups excluding tert-OH is 1. The number of nitrogens with one attached hydrogen (secondary N) is 2. The molecule has 0 radical (unpaired) electrons. The lowest BCUT2D eigenvalue weighted by Crippen LogP contribution is -2.45. The molecule has 0 aromatic carbocycles. The van der Waals surface area contributed by atoms with Gasteiger partial charge in [0.05, 0.1) is 18.0 Å². The predicted molar refractivity (Wildman–Crippen MR) is 85.4 cm³/mol. The second-order valence-electron chi connectivity index (χ2n) is 5.35. The number of ether oxygens (including phenoxy) is 1. The van der Waals surface area contributed by atoms with Crippen molar-refractivity contribution in [3.63, 3.8) is 0 Å². The molecule has 8 nitrogen and oxygen atoms in total. The Hall–Kier alpha value is -2.61. The van der Waals surface area contributed by atoms with Crippen LogP contribution in [0.5, 0.6) is 0 Å². The van der Waals surface area contributed by atoms with Crippen LogP contribution in [-0.4, -0.2) is 46.1 Å². The van der Waals surface area contributed by atoms with Gasteiger partial charge in [-0.2, -0.15) is 0 Å². The SMILES string of the molecule is CC(C)OC(=O)[C@H](CCC(=O)C=N)NC(=O)[C@@H](O)c1ccccn1. The van der Waals surface area contributed by atoms with Crippen LogP contribution in [0.25, 0.3) is 0 Å². The molecule has 3 N–H and O–H groups in total. The van der Waals surface area contributed by atoms with Gasteiger partial charge in [-0.1, -0.05) is 6.07 Å². The molecule has 1 rings (SSSR count). The third kappa shape index (κ3) is 6.25. The molecule has 0 fully saturated rings. The zero-order valence-corrected chi connectivity index (χ0v) is 13.6. The van der Waals surface area contributed by atoms with Gasteiger partial charge >= 0.3 is 5.97 Å². The zero-order valence-electron chi connectivity index (χ0n) is 13.6. The minimum Gasteiger partial charge on any atom is -0.461 e. The number of hydrogen-bond donors (Lipinski definition) is 3. The van der Waals surface area contributed by atoms with Gasteiger partial charge in [-0.25, -0.2) is 4.79 Å². The third-order valence-electron chi connectivity index (χ3n) is 3.01. The molecular weight excluding hydrogens is 314 g/mol. The Balaban J connectivity index is 2.78. The summed E-state index contributed by atoms with van der Waals surface area (Å²) < 4.78 is 5.05. The number of amides is 1. The number of nitrogens with zero attached hydrogens (tertiary/aromatic N) is 1. The molecule has 0 aliphatic carbocycles. The van der Waals surface area contributed by atoms with E-state index in [-0.39, 0.29) is 18.5 Å². The second kappa shape index (κ2) is 9.51. The van der Waals surface area contributed by atoms with E-state index in [0.29, 0.717) is 6.21 Å². The first-order chi connectivity index (χ1) is 11.3. The third-order valence-corrected chi connectivity index (χ3v) is 3.01. The molecule has 0 saturated carbocycles. The van der Waals surface area contributed by atoms with Crippen molar-refractivity contribution in [3.05, 3.63) is 30.1 Å². The molecule has 1 aromatic rings. The van der Waals surface area contributed by atoms with Gasteiger partial charge in [0, 0.05) is 12.6 Å². The number of carbonyl (C=O) groups excluding carboxylic acids is 3. The minimum absolute atomic E-state index is 0.0273. The second-order valence-corrected chi connectivity index (χ2v) is 5.35. The predicted octanol–water partition coefficient (Wildman–Crippen LogP) is 0.550. The van der Waals surface area contributed by atoms with Crippen molar-refractivity contribution < 1.29 is 24.2 Å². The van der Waals surface area contributed by atoms with Gasteiger partial charge in [0.25, 0.3) is 5.91 Å². The van der Waals surface area contributed by atoms with E-state index in [1.807, 2.05) is 0 Å². The molecule has 0 spiro atoms. The van der Waals surface area contributed by atoms with Gasteiger partial charge < -0.3 is 20.6 Å². The average Bonchev–Trinajstić information content (AvgIpc) is 2.57. The molecule has 1 amide bonds. The van der Waals surface area contributed by atoms with Crippen molar-refractivity contribution in [3.8, 4) is 0 Å².